The maximum atomic E-state index is 13.1. The molecule has 26 heavy (non-hydrogen) atoms. The van der Waals surface area contributed by atoms with Gasteiger partial charge in [0.2, 0.25) is 14.7 Å². The minimum atomic E-state index is -4.30. The molecule has 0 saturated heterocycles. The van der Waals surface area contributed by atoms with Gasteiger partial charge in [0, 0.05) is 28.0 Å². The molecule has 0 aliphatic heterocycles. The molecule has 0 radical (unpaired) electrons. The number of hydrogen-bond donors (Lipinski definition) is 4. The van der Waals surface area contributed by atoms with E-state index >= 15 is 0 Å². The lowest BCUT2D eigenvalue weighted by Crippen LogP contribution is -2.60. The zero-order valence-electron chi connectivity index (χ0n) is 13.4. The van der Waals surface area contributed by atoms with E-state index in [1.54, 1.807) is 18.3 Å². The molecular weight excluding hydrogens is 422 g/mol. The van der Waals surface area contributed by atoms with Gasteiger partial charge in [-0.3, -0.25) is 10.0 Å². The molecule has 0 bridgehead atoms. The highest BCUT2D eigenvalue weighted by molar-refractivity contribution is 9.10. The summed E-state index contributed by atoms with van der Waals surface area (Å²) in [5, 5.41) is 9.86. The predicted molar refractivity (Wildman–Crippen MR) is 100 cm³/mol. The summed E-state index contributed by atoms with van der Waals surface area (Å²) in [6, 6.07) is 13.0. The minimum Gasteiger partial charge on any atom is -0.361 e. The number of carbonyl (C=O) groups is 1. The van der Waals surface area contributed by atoms with Crippen LogP contribution in [-0.4, -0.2) is 29.4 Å². The molecule has 5 N–H and O–H groups in total. The molecule has 1 aromatic heterocycles. The van der Waals surface area contributed by atoms with E-state index in [4.69, 9.17) is 10.9 Å². The number of halogens is 1. The molecule has 1 heterocycles. The number of nitrogens with two attached hydrogens (primary N) is 1. The lowest BCUT2D eigenvalue weighted by atomic mass is 10.0. The second kappa shape index (κ2) is 6.84. The second-order valence-corrected chi connectivity index (χ2v) is 8.95. The Hall–Kier alpha value is -2.20. The zero-order chi connectivity index (χ0) is 18.9. The molecule has 0 saturated carbocycles. The van der Waals surface area contributed by atoms with Crippen LogP contribution in [0.3, 0.4) is 0 Å². The number of para-hydroxylation sites is 1. The standard InChI is InChI=1S/C17H16BrN3O4S/c18-12-5-7-13(8-6-12)26(24,25)17(19,16(22)21-23)9-11-10-20-15-4-2-1-3-14(11)15/h1-8,10,20,23H,9,19H2,(H,21,22)/t17-/m1/s1. The van der Waals surface area contributed by atoms with Gasteiger partial charge in [0.15, 0.2) is 0 Å². The van der Waals surface area contributed by atoms with Gasteiger partial charge in [0.05, 0.1) is 4.90 Å². The van der Waals surface area contributed by atoms with Crippen LogP contribution in [0.15, 0.2) is 64.1 Å². The first kappa shape index (κ1) is 18.6. The van der Waals surface area contributed by atoms with Gasteiger partial charge in [-0.2, -0.15) is 0 Å². The lowest BCUT2D eigenvalue weighted by molar-refractivity contribution is -0.131. The first-order valence-corrected chi connectivity index (χ1v) is 9.86. The predicted octanol–water partition coefficient (Wildman–Crippen LogP) is 2.11. The average Bonchev–Trinajstić information content (AvgIpc) is 3.04. The number of fused-ring (bicyclic) bond motifs is 1. The summed E-state index contributed by atoms with van der Waals surface area (Å²) in [6.45, 7) is 0. The van der Waals surface area contributed by atoms with Crippen molar-refractivity contribution in [3.05, 3.63) is 64.8 Å². The molecule has 0 aliphatic carbocycles. The number of aromatic amines is 1. The number of nitrogens with one attached hydrogen (secondary N) is 2. The van der Waals surface area contributed by atoms with Crippen LogP contribution in [0.25, 0.3) is 10.9 Å². The second-order valence-electron chi connectivity index (χ2n) is 5.82. The minimum absolute atomic E-state index is 0.119. The Kier molecular flexibility index (Phi) is 4.89. The van der Waals surface area contributed by atoms with Crippen LogP contribution >= 0.6 is 15.9 Å². The Morgan fingerprint density at radius 2 is 1.85 bits per heavy atom. The molecule has 0 unspecified atom stereocenters. The van der Waals surface area contributed by atoms with Crippen LogP contribution in [0.1, 0.15) is 5.56 Å². The zero-order valence-corrected chi connectivity index (χ0v) is 15.8. The van der Waals surface area contributed by atoms with Gasteiger partial charge in [-0.05, 0) is 35.9 Å². The highest BCUT2D eigenvalue weighted by atomic mass is 79.9. The van der Waals surface area contributed by atoms with E-state index in [9.17, 15) is 13.2 Å². The number of amides is 1. The van der Waals surface area contributed by atoms with Crippen molar-refractivity contribution >= 4 is 42.6 Å². The molecular formula is C17H16BrN3O4S. The molecule has 9 heteroatoms. The van der Waals surface area contributed by atoms with Gasteiger partial charge in [-0.25, -0.2) is 13.9 Å². The maximum absolute atomic E-state index is 13.1. The molecule has 3 rings (SSSR count). The maximum Gasteiger partial charge on any atom is 0.279 e. The fourth-order valence-electron chi connectivity index (χ4n) is 2.78. The molecule has 0 aliphatic rings. The van der Waals surface area contributed by atoms with Crippen molar-refractivity contribution in [1.29, 1.82) is 0 Å². The number of sulfone groups is 1. The van der Waals surface area contributed by atoms with Gasteiger partial charge in [0.25, 0.3) is 5.91 Å². The van der Waals surface area contributed by atoms with Crippen molar-refractivity contribution in [2.75, 3.05) is 0 Å². The van der Waals surface area contributed by atoms with E-state index in [0.717, 1.165) is 10.9 Å². The summed E-state index contributed by atoms with van der Waals surface area (Å²) in [7, 11) is -4.30. The van der Waals surface area contributed by atoms with Crippen LogP contribution in [0.5, 0.6) is 0 Å². The summed E-state index contributed by atoms with van der Waals surface area (Å²) in [5.41, 5.74) is 8.82. The van der Waals surface area contributed by atoms with Gasteiger partial charge >= 0.3 is 0 Å². The van der Waals surface area contributed by atoms with Gasteiger partial charge < -0.3 is 10.7 Å². The van der Waals surface area contributed by atoms with Crippen LogP contribution in [-0.2, 0) is 21.1 Å². The number of rotatable bonds is 5. The first-order chi connectivity index (χ1) is 12.3. The van der Waals surface area contributed by atoms with Crippen molar-refractivity contribution < 1.29 is 18.4 Å². The topological polar surface area (TPSA) is 125 Å². The third-order valence-electron chi connectivity index (χ3n) is 4.22. The normalized spacial score (nSPS) is 14.1. The number of hydrogen-bond acceptors (Lipinski definition) is 5. The van der Waals surface area contributed by atoms with Crippen LogP contribution < -0.4 is 11.2 Å². The van der Waals surface area contributed by atoms with E-state index in [1.807, 2.05) is 12.1 Å². The molecule has 7 nitrogen and oxygen atoms in total. The van der Waals surface area contributed by atoms with Crippen molar-refractivity contribution in [3.63, 3.8) is 0 Å². The van der Waals surface area contributed by atoms with Gasteiger partial charge in [0.1, 0.15) is 0 Å². The molecule has 1 atom stereocenters. The van der Waals surface area contributed by atoms with Gasteiger partial charge in [-0.1, -0.05) is 34.1 Å². The van der Waals surface area contributed by atoms with Gasteiger partial charge in [-0.15, -0.1) is 0 Å². The largest absolute Gasteiger partial charge is 0.361 e. The van der Waals surface area contributed by atoms with Crippen molar-refractivity contribution in [2.45, 2.75) is 16.2 Å². The van der Waals surface area contributed by atoms with Crippen molar-refractivity contribution in [2.24, 2.45) is 5.73 Å². The molecule has 2 aromatic carbocycles. The summed E-state index contributed by atoms with van der Waals surface area (Å²) >= 11 is 3.23. The summed E-state index contributed by atoms with van der Waals surface area (Å²) < 4.78 is 26.9. The number of carbonyl (C=O) groups excluding carboxylic acids is 1. The van der Waals surface area contributed by atoms with Crippen molar-refractivity contribution in [3.8, 4) is 0 Å². The summed E-state index contributed by atoms with van der Waals surface area (Å²) in [5.74, 6) is -1.20. The Bertz CT molecular complexity index is 1060. The number of hydroxylamine groups is 1. The Balaban J connectivity index is 2.12. The highest BCUT2D eigenvalue weighted by Crippen LogP contribution is 2.29. The van der Waals surface area contributed by atoms with E-state index < -0.39 is 20.6 Å². The highest BCUT2D eigenvalue weighted by Gasteiger charge is 2.48. The van der Waals surface area contributed by atoms with E-state index in [1.165, 1.54) is 29.7 Å². The van der Waals surface area contributed by atoms with Crippen molar-refractivity contribution in [1.82, 2.24) is 10.5 Å². The number of H-pyrrole nitrogens is 1. The number of benzene rings is 2. The van der Waals surface area contributed by atoms with E-state index in [2.05, 4.69) is 20.9 Å². The Morgan fingerprint density at radius 3 is 2.50 bits per heavy atom. The third kappa shape index (κ3) is 3.03. The molecule has 1 amide bonds. The fourth-order valence-corrected chi connectivity index (χ4v) is 4.59. The van der Waals surface area contributed by atoms with E-state index in [-0.39, 0.29) is 11.3 Å². The SMILES string of the molecule is N[C@@](Cc1c[nH]c2ccccc12)(C(=O)NO)S(=O)(=O)c1ccc(Br)cc1. The average molecular weight is 438 g/mol. The van der Waals surface area contributed by atoms with Crippen LogP contribution in [0.2, 0.25) is 0 Å². The first-order valence-electron chi connectivity index (χ1n) is 7.58. The lowest BCUT2D eigenvalue weighted by Gasteiger charge is -2.26. The molecule has 0 spiro atoms. The molecule has 0 fully saturated rings. The summed E-state index contributed by atoms with van der Waals surface area (Å²) in [6.07, 6.45) is 1.29. The monoisotopic (exact) mass is 437 g/mol. The Labute approximate surface area is 158 Å². The van der Waals surface area contributed by atoms with Crippen LogP contribution in [0.4, 0.5) is 0 Å². The molecule has 3 aromatic rings. The smallest absolute Gasteiger partial charge is 0.279 e. The summed E-state index contributed by atoms with van der Waals surface area (Å²) in [4.78, 5) is 12.8. The molecule has 136 valence electrons. The fraction of sp³-hybridized carbons (Fsp3) is 0.118. The quantitative estimate of drug-likeness (QED) is 0.359. The number of aromatic nitrogens is 1. The third-order valence-corrected chi connectivity index (χ3v) is 6.93. The van der Waals surface area contributed by atoms with E-state index in [0.29, 0.717) is 10.0 Å². The Morgan fingerprint density at radius 1 is 1.19 bits per heavy atom. The van der Waals surface area contributed by atoms with Crippen LogP contribution in [0, 0.1) is 0 Å².